The molecule has 0 bridgehead atoms. The Morgan fingerprint density at radius 2 is 2.07 bits per heavy atom. The summed E-state index contributed by atoms with van der Waals surface area (Å²) in [6.07, 6.45) is 1.26. The maximum atomic E-state index is 9.26. The van der Waals surface area contributed by atoms with Crippen LogP contribution in [0.4, 0.5) is 0 Å². The Morgan fingerprint density at radius 1 is 1.33 bits per heavy atom. The van der Waals surface area contributed by atoms with Crippen LogP contribution in [0, 0.1) is 0 Å². The average molecular weight is 206 g/mol. The highest BCUT2D eigenvalue weighted by molar-refractivity contribution is 5.15. The zero-order valence-electron chi connectivity index (χ0n) is 8.59. The van der Waals surface area contributed by atoms with Gasteiger partial charge in [0.05, 0.1) is 0 Å². The van der Waals surface area contributed by atoms with Gasteiger partial charge in [0.1, 0.15) is 12.4 Å². The SMILES string of the molecule is CC(O)C1=COC(Cc2ccccc2)O1. The molecule has 1 aromatic carbocycles. The van der Waals surface area contributed by atoms with Crippen molar-refractivity contribution in [3.8, 4) is 0 Å². The van der Waals surface area contributed by atoms with Crippen molar-refractivity contribution >= 4 is 0 Å². The fraction of sp³-hybridized carbons (Fsp3) is 0.333. The van der Waals surface area contributed by atoms with E-state index >= 15 is 0 Å². The number of aliphatic hydroxyl groups is 1. The maximum absolute atomic E-state index is 9.26. The van der Waals surface area contributed by atoms with Crippen LogP contribution in [0.1, 0.15) is 12.5 Å². The molecular formula is C12H14O3. The van der Waals surface area contributed by atoms with Gasteiger partial charge in [0, 0.05) is 6.42 Å². The maximum Gasteiger partial charge on any atom is 0.244 e. The van der Waals surface area contributed by atoms with Gasteiger partial charge in [-0.3, -0.25) is 0 Å². The number of ether oxygens (including phenoxy) is 2. The summed E-state index contributed by atoms with van der Waals surface area (Å²) in [7, 11) is 0. The molecule has 0 fully saturated rings. The predicted octanol–water partition coefficient (Wildman–Crippen LogP) is 1.82. The average Bonchev–Trinajstić information content (AvgIpc) is 2.68. The normalized spacial score (nSPS) is 21.5. The van der Waals surface area contributed by atoms with Gasteiger partial charge in [-0.1, -0.05) is 30.3 Å². The molecule has 0 amide bonds. The summed E-state index contributed by atoms with van der Waals surface area (Å²) in [6.45, 7) is 1.65. The molecule has 15 heavy (non-hydrogen) atoms. The molecule has 1 N–H and O–H groups in total. The fourth-order valence-electron chi connectivity index (χ4n) is 1.44. The molecular weight excluding hydrogens is 192 g/mol. The van der Waals surface area contributed by atoms with Crippen LogP contribution in [0.5, 0.6) is 0 Å². The molecule has 0 spiro atoms. The zero-order chi connectivity index (χ0) is 10.7. The molecule has 3 heteroatoms. The number of benzene rings is 1. The van der Waals surface area contributed by atoms with E-state index in [0.29, 0.717) is 12.2 Å². The van der Waals surface area contributed by atoms with E-state index in [-0.39, 0.29) is 6.29 Å². The lowest BCUT2D eigenvalue weighted by atomic mass is 10.1. The molecule has 1 heterocycles. The van der Waals surface area contributed by atoms with E-state index in [1.165, 1.54) is 6.26 Å². The number of hydrogen-bond acceptors (Lipinski definition) is 3. The summed E-state index contributed by atoms with van der Waals surface area (Å²) in [5.74, 6) is 0.496. The van der Waals surface area contributed by atoms with Crippen LogP contribution in [0.2, 0.25) is 0 Å². The lowest BCUT2D eigenvalue weighted by molar-refractivity contribution is -0.0422. The van der Waals surface area contributed by atoms with Crippen molar-refractivity contribution in [2.45, 2.75) is 25.7 Å². The topological polar surface area (TPSA) is 38.7 Å². The Bertz CT molecular complexity index is 343. The largest absolute Gasteiger partial charge is 0.459 e. The second-order valence-electron chi connectivity index (χ2n) is 3.57. The third-order valence-electron chi connectivity index (χ3n) is 2.26. The van der Waals surface area contributed by atoms with E-state index in [1.807, 2.05) is 30.3 Å². The number of hydrogen-bond donors (Lipinski definition) is 1. The smallest absolute Gasteiger partial charge is 0.244 e. The second-order valence-corrected chi connectivity index (χ2v) is 3.57. The third-order valence-corrected chi connectivity index (χ3v) is 2.26. The van der Waals surface area contributed by atoms with Crippen LogP contribution in [0.15, 0.2) is 42.4 Å². The van der Waals surface area contributed by atoms with E-state index in [2.05, 4.69) is 0 Å². The minimum absolute atomic E-state index is 0.308. The first-order chi connectivity index (χ1) is 7.25. The van der Waals surface area contributed by atoms with Gasteiger partial charge in [-0.15, -0.1) is 0 Å². The molecule has 0 saturated carbocycles. The molecule has 0 radical (unpaired) electrons. The highest BCUT2D eigenvalue weighted by Crippen LogP contribution is 2.20. The summed E-state index contributed by atoms with van der Waals surface area (Å²) in [5, 5.41) is 9.26. The Kier molecular flexibility index (Phi) is 2.92. The minimum Gasteiger partial charge on any atom is -0.459 e. The van der Waals surface area contributed by atoms with E-state index in [1.54, 1.807) is 6.92 Å². The van der Waals surface area contributed by atoms with Gasteiger partial charge in [-0.2, -0.15) is 0 Å². The summed E-state index contributed by atoms with van der Waals surface area (Å²) < 4.78 is 10.7. The first-order valence-corrected chi connectivity index (χ1v) is 5.00. The van der Waals surface area contributed by atoms with Gasteiger partial charge in [0.25, 0.3) is 0 Å². The minimum atomic E-state index is -0.606. The first kappa shape index (κ1) is 10.1. The van der Waals surface area contributed by atoms with Crippen LogP contribution in [0.25, 0.3) is 0 Å². The third kappa shape index (κ3) is 2.50. The van der Waals surface area contributed by atoms with Crippen LogP contribution in [-0.2, 0) is 15.9 Å². The van der Waals surface area contributed by atoms with Crippen molar-refractivity contribution in [1.29, 1.82) is 0 Å². The molecule has 2 atom stereocenters. The van der Waals surface area contributed by atoms with Crippen molar-refractivity contribution in [2.24, 2.45) is 0 Å². The highest BCUT2D eigenvalue weighted by Gasteiger charge is 2.22. The van der Waals surface area contributed by atoms with Gasteiger partial charge in [0.15, 0.2) is 5.76 Å². The van der Waals surface area contributed by atoms with Gasteiger partial charge in [0.2, 0.25) is 6.29 Å². The van der Waals surface area contributed by atoms with E-state index in [9.17, 15) is 5.11 Å². The van der Waals surface area contributed by atoms with Crippen LogP contribution in [0.3, 0.4) is 0 Å². The van der Waals surface area contributed by atoms with Crippen LogP contribution in [-0.4, -0.2) is 17.5 Å². The van der Waals surface area contributed by atoms with E-state index in [4.69, 9.17) is 9.47 Å². The summed E-state index contributed by atoms with van der Waals surface area (Å²) in [6, 6.07) is 9.97. The highest BCUT2D eigenvalue weighted by atomic mass is 16.7. The molecule has 0 saturated heterocycles. The first-order valence-electron chi connectivity index (χ1n) is 5.00. The molecule has 2 rings (SSSR count). The van der Waals surface area contributed by atoms with Crippen LogP contribution < -0.4 is 0 Å². The number of rotatable bonds is 3. The van der Waals surface area contributed by atoms with Gasteiger partial charge < -0.3 is 14.6 Å². The quantitative estimate of drug-likeness (QED) is 0.819. The van der Waals surface area contributed by atoms with E-state index < -0.39 is 6.10 Å². The van der Waals surface area contributed by atoms with Gasteiger partial charge in [-0.25, -0.2) is 0 Å². The molecule has 1 aliphatic rings. The molecule has 0 aromatic heterocycles. The molecule has 1 aromatic rings. The summed E-state index contributed by atoms with van der Waals surface area (Å²) in [4.78, 5) is 0. The zero-order valence-corrected chi connectivity index (χ0v) is 8.59. The number of aliphatic hydroxyl groups excluding tert-OH is 1. The molecule has 0 aliphatic carbocycles. The van der Waals surface area contributed by atoms with E-state index in [0.717, 1.165) is 5.56 Å². The van der Waals surface area contributed by atoms with Crippen molar-refractivity contribution in [1.82, 2.24) is 0 Å². The Balaban J connectivity index is 1.90. The molecule has 2 unspecified atom stereocenters. The van der Waals surface area contributed by atoms with Crippen molar-refractivity contribution in [3.05, 3.63) is 47.9 Å². The second kappa shape index (κ2) is 4.36. The molecule has 3 nitrogen and oxygen atoms in total. The van der Waals surface area contributed by atoms with Gasteiger partial charge in [-0.05, 0) is 12.5 Å². The fourth-order valence-corrected chi connectivity index (χ4v) is 1.44. The van der Waals surface area contributed by atoms with Crippen molar-refractivity contribution < 1.29 is 14.6 Å². The summed E-state index contributed by atoms with van der Waals surface area (Å²) >= 11 is 0. The molecule has 1 aliphatic heterocycles. The predicted molar refractivity (Wildman–Crippen MR) is 55.9 cm³/mol. The summed E-state index contributed by atoms with van der Waals surface area (Å²) in [5.41, 5.74) is 1.16. The monoisotopic (exact) mass is 206 g/mol. The van der Waals surface area contributed by atoms with Crippen molar-refractivity contribution in [3.63, 3.8) is 0 Å². The standard InChI is InChI=1S/C12H14O3/c1-9(13)11-8-14-12(15-11)7-10-5-3-2-4-6-10/h2-6,8-9,12-13H,7H2,1H3. The van der Waals surface area contributed by atoms with Crippen LogP contribution >= 0.6 is 0 Å². The Hall–Kier alpha value is -1.48. The Morgan fingerprint density at radius 3 is 2.67 bits per heavy atom. The molecule has 80 valence electrons. The Labute approximate surface area is 88.9 Å². The lowest BCUT2D eigenvalue weighted by Gasteiger charge is -2.12. The van der Waals surface area contributed by atoms with Crippen molar-refractivity contribution in [2.75, 3.05) is 0 Å². The lowest BCUT2D eigenvalue weighted by Crippen LogP contribution is -2.15. The van der Waals surface area contributed by atoms with Gasteiger partial charge >= 0.3 is 0 Å².